The average Bonchev–Trinajstić information content (AvgIpc) is 2.39. The van der Waals surface area contributed by atoms with Crippen LogP contribution in [0.5, 0.6) is 0 Å². The Morgan fingerprint density at radius 2 is 1.89 bits per heavy atom. The molecule has 19 heavy (non-hydrogen) atoms. The molecule has 0 heterocycles. The summed E-state index contributed by atoms with van der Waals surface area (Å²) in [6.07, 6.45) is 1.57. The Morgan fingerprint density at radius 1 is 1.16 bits per heavy atom. The number of carboxylic acid groups (broad SMARTS) is 1. The van der Waals surface area contributed by atoms with E-state index in [1.807, 2.05) is 19.1 Å². The van der Waals surface area contributed by atoms with Crippen LogP contribution in [0.25, 0.3) is 11.1 Å². The van der Waals surface area contributed by atoms with Crippen molar-refractivity contribution in [1.82, 2.24) is 0 Å². The molecule has 0 atom stereocenters. The fourth-order valence-electron chi connectivity index (χ4n) is 2.13. The van der Waals surface area contributed by atoms with Crippen molar-refractivity contribution in [2.75, 3.05) is 0 Å². The van der Waals surface area contributed by atoms with Gasteiger partial charge in [0.05, 0.1) is 5.56 Å². The molecule has 3 heteroatoms. The van der Waals surface area contributed by atoms with E-state index in [2.05, 4.69) is 0 Å². The first-order valence-corrected chi connectivity index (χ1v) is 6.24. The molecule has 0 spiro atoms. The number of benzene rings is 2. The lowest BCUT2D eigenvalue weighted by atomic mass is 9.96. The highest BCUT2D eigenvalue weighted by atomic mass is 19.1. The minimum Gasteiger partial charge on any atom is -0.478 e. The van der Waals surface area contributed by atoms with Gasteiger partial charge in [0.25, 0.3) is 0 Å². The predicted molar refractivity (Wildman–Crippen MR) is 72.8 cm³/mol. The van der Waals surface area contributed by atoms with Gasteiger partial charge in [0.1, 0.15) is 5.82 Å². The van der Waals surface area contributed by atoms with Crippen LogP contribution in [0.1, 0.15) is 29.3 Å². The molecule has 0 saturated carbocycles. The van der Waals surface area contributed by atoms with Crippen molar-refractivity contribution in [3.63, 3.8) is 0 Å². The van der Waals surface area contributed by atoms with E-state index in [0.29, 0.717) is 12.0 Å². The normalized spacial score (nSPS) is 10.4. The van der Waals surface area contributed by atoms with Crippen LogP contribution >= 0.6 is 0 Å². The first-order valence-electron chi connectivity index (χ1n) is 6.24. The van der Waals surface area contributed by atoms with E-state index in [-0.39, 0.29) is 5.82 Å². The third-order valence-electron chi connectivity index (χ3n) is 3.01. The van der Waals surface area contributed by atoms with Crippen LogP contribution in [0.2, 0.25) is 0 Å². The van der Waals surface area contributed by atoms with E-state index < -0.39 is 5.97 Å². The molecule has 0 aromatic heterocycles. The van der Waals surface area contributed by atoms with Crippen LogP contribution < -0.4 is 0 Å². The lowest BCUT2D eigenvalue weighted by Crippen LogP contribution is -2.02. The van der Waals surface area contributed by atoms with Gasteiger partial charge in [-0.2, -0.15) is 0 Å². The molecule has 1 N–H and O–H groups in total. The second-order valence-electron chi connectivity index (χ2n) is 4.44. The lowest BCUT2D eigenvalue weighted by Gasteiger charge is -2.08. The highest BCUT2D eigenvalue weighted by Crippen LogP contribution is 2.24. The van der Waals surface area contributed by atoms with Gasteiger partial charge in [0.15, 0.2) is 0 Å². The standard InChI is InChI=1S/C16H15FO2/c1-2-4-13-9-12(7-8-15(13)16(18)19)11-5-3-6-14(17)10-11/h3,5-10H,2,4H2,1H3,(H,18,19). The number of halogens is 1. The molecule has 2 aromatic carbocycles. The fourth-order valence-corrected chi connectivity index (χ4v) is 2.13. The van der Waals surface area contributed by atoms with E-state index >= 15 is 0 Å². The summed E-state index contributed by atoms with van der Waals surface area (Å²) < 4.78 is 13.2. The van der Waals surface area contributed by atoms with Gasteiger partial charge in [-0.15, -0.1) is 0 Å². The molecule has 2 nitrogen and oxygen atoms in total. The minimum absolute atomic E-state index is 0.295. The lowest BCUT2D eigenvalue weighted by molar-refractivity contribution is 0.0695. The van der Waals surface area contributed by atoms with E-state index in [1.54, 1.807) is 18.2 Å². The van der Waals surface area contributed by atoms with Gasteiger partial charge in [-0.05, 0) is 41.3 Å². The maximum Gasteiger partial charge on any atom is 0.335 e. The second-order valence-corrected chi connectivity index (χ2v) is 4.44. The first kappa shape index (κ1) is 13.3. The molecular formula is C16H15FO2. The molecule has 0 fully saturated rings. The Balaban J connectivity index is 2.48. The summed E-state index contributed by atoms with van der Waals surface area (Å²) >= 11 is 0. The molecule has 0 aliphatic carbocycles. The van der Waals surface area contributed by atoms with E-state index in [9.17, 15) is 9.18 Å². The van der Waals surface area contributed by atoms with Crippen molar-refractivity contribution in [2.24, 2.45) is 0 Å². The monoisotopic (exact) mass is 258 g/mol. The van der Waals surface area contributed by atoms with Gasteiger partial charge in [0, 0.05) is 0 Å². The van der Waals surface area contributed by atoms with E-state index in [0.717, 1.165) is 23.1 Å². The minimum atomic E-state index is -0.922. The Morgan fingerprint density at radius 3 is 2.53 bits per heavy atom. The molecule has 0 amide bonds. The number of hydrogen-bond acceptors (Lipinski definition) is 1. The van der Waals surface area contributed by atoms with E-state index in [4.69, 9.17) is 5.11 Å². The van der Waals surface area contributed by atoms with Crippen LogP contribution in [0, 0.1) is 5.82 Å². The molecular weight excluding hydrogens is 243 g/mol. The van der Waals surface area contributed by atoms with Crippen molar-refractivity contribution in [2.45, 2.75) is 19.8 Å². The van der Waals surface area contributed by atoms with Gasteiger partial charge in [-0.25, -0.2) is 9.18 Å². The van der Waals surface area contributed by atoms with Crippen molar-refractivity contribution >= 4 is 5.97 Å². The molecule has 0 aliphatic heterocycles. The van der Waals surface area contributed by atoms with Gasteiger partial charge in [0.2, 0.25) is 0 Å². The maximum atomic E-state index is 13.2. The van der Waals surface area contributed by atoms with Gasteiger partial charge in [-0.1, -0.05) is 37.6 Å². The third kappa shape index (κ3) is 2.99. The largest absolute Gasteiger partial charge is 0.478 e. The summed E-state index contributed by atoms with van der Waals surface area (Å²) in [5.41, 5.74) is 2.71. The number of rotatable bonds is 4. The maximum absolute atomic E-state index is 13.2. The number of carbonyl (C=O) groups is 1. The second kappa shape index (κ2) is 5.65. The Hall–Kier alpha value is -2.16. The topological polar surface area (TPSA) is 37.3 Å². The summed E-state index contributed by atoms with van der Waals surface area (Å²) in [6.45, 7) is 2.00. The summed E-state index contributed by atoms with van der Waals surface area (Å²) in [5.74, 6) is -1.22. The molecule has 0 aliphatic rings. The van der Waals surface area contributed by atoms with Crippen LogP contribution in [0.4, 0.5) is 4.39 Å². The smallest absolute Gasteiger partial charge is 0.335 e. The molecule has 98 valence electrons. The highest BCUT2D eigenvalue weighted by Gasteiger charge is 2.11. The molecule has 0 bridgehead atoms. The number of aryl methyl sites for hydroxylation is 1. The first-order chi connectivity index (χ1) is 9.11. The number of aromatic carboxylic acids is 1. The van der Waals surface area contributed by atoms with Crippen molar-refractivity contribution in [3.05, 3.63) is 59.4 Å². The zero-order valence-electron chi connectivity index (χ0n) is 10.7. The van der Waals surface area contributed by atoms with Gasteiger partial charge in [-0.3, -0.25) is 0 Å². The van der Waals surface area contributed by atoms with Crippen LogP contribution in [0.15, 0.2) is 42.5 Å². The Kier molecular flexibility index (Phi) is 3.95. The van der Waals surface area contributed by atoms with Crippen molar-refractivity contribution in [1.29, 1.82) is 0 Å². The van der Waals surface area contributed by atoms with Crippen LogP contribution in [-0.2, 0) is 6.42 Å². The fraction of sp³-hybridized carbons (Fsp3) is 0.188. The van der Waals surface area contributed by atoms with E-state index in [1.165, 1.54) is 12.1 Å². The van der Waals surface area contributed by atoms with Gasteiger partial charge < -0.3 is 5.11 Å². The summed E-state index contributed by atoms with van der Waals surface area (Å²) in [4.78, 5) is 11.1. The van der Waals surface area contributed by atoms with Gasteiger partial charge >= 0.3 is 5.97 Å². The average molecular weight is 258 g/mol. The quantitative estimate of drug-likeness (QED) is 0.894. The number of carboxylic acids is 1. The molecule has 0 unspecified atom stereocenters. The molecule has 0 radical (unpaired) electrons. The summed E-state index contributed by atoms with van der Waals surface area (Å²) in [6, 6.07) is 11.4. The molecule has 2 aromatic rings. The third-order valence-corrected chi connectivity index (χ3v) is 3.01. The summed E-state index contributed by atoms with van der Waals surface area (Å²) in [5, 5.41) is 9.14. The van der Waals surface area contributed by atoms with Crippen LogP contribution in [-0.4, -0.2) is 11.1 Å². The number of hydrogen-bond donors (Lipinski definition) is 1. The predicted octanol–water partition coefficient (Wildman–Crippen LogP) is 4.14. The van der Waals surface area contributed by atoms with Crippen molar-refractivity contribution < 1.29 is 14.3 Å². The zero-order chi connectivity index (χ0) is 13.8. The summed E-state index contributed by atoms with van der Waals surface area (Å²) in [7, 11) is 0. The SMILES string of the molecule is CCCc1cc(-c2cccc(F)c2)ccc1C(=O)O. The Labute approximate surface area is 111 Å². The van der Waals surface area contributed by atoms with Crippen molar-refractivity contribution in [3.8, 4) is 11.1 Å². The molecule has 2 rings (SSSR count). The highest BCUT2D eigenvalue weighted by molar-refractivity contribution is 5.90. The molecule has 0 saturated heterocycles. The van der Waals surface area contributed by atoms with Crippen LogP contribution in [0.3, 0.4) is 0 Å². The zero-order valence-corrected chi connectivity index (χ0v) is 10.7. The Bertz CT molecular complexity index is 605.